The van der Waals surface area contributed by atoms with Crippen molar-refractivity contribution < 1.29 is 9.57 Å². The maximum absolute atomic E-state index is 5.45. The molecule has 0 spiro atoms. The zero-order valence-electron chi connectivity index (χ0n) is 13.3. The average Bonchev–Trinajstić information content (AvgIpc) is 2.61. The Morgan fingerprint density at radius 1 is 0.913 bits per heavy atom. The van der Waals surface area contributed by atoms with Crippen LogP contribution in [-0.2, 0) is 11.4 Å². The number of ether oxygens (including phenoxy) is 1. The largest absolute Gasteiger partial charge is 0.497 e. The predicted octanol–water partition coefficient (Wildman–Crippen LogP) is 4.79. The number of nitrogens with zero attached hydrogens (tertiary/aromatic N) is 1. The highest BCUT2D eigenvalue weighted by atomic mass is 16.6. The maximum Gasteiger partial charge on any atom is 0.142 e. The van der Waals surface area contributed by atoms with Crippen LogP contribution in [0.1, 0.15) is 18.1 Å². The first-order chi connectivity index (χ1) is 11.3. The Morgan fingerprint density at radius 2 is 1.65 bits per heavy atom. The number of benzene rings is 3. The van der Waals surface area contributed by atoms with Crippen LogP contribution in [0.4, 0.5) is 0 Å². The van der Waals surface area contributed by atoms with Crippen LogP contribution in [0.3, 0.4) is 0 Å². The van der Waals surface area contributed by atoms with Gasteiger partial charge in [-0.15, -0.1) is 0 Å². The summed E-state index contributed by atoms with van der Waals surface area (Å²) in [5.41, 5.74) is 3.02. The van der Waals surface area contributed by atoms with Gasteiger partial charge in [-0.1, -0.05) is 53.7 Å². The number of rotatable bonds is 5. The van der Waals surface area contributed by atoms with Crippen molar-refractivity contribution >= 4 is 16.5 Å². The molecule has 0 aromatic heterocycles. The van der Waals surface area contributed by atoms with E-state index in [1.807, 2.05) is 55.5 Å². The van der Waals surface area contributed by atoms with Gasteiger partial charge in [-0.2, -0.15) is 0 Å². The molecule has 0 atom stereocenters. The standard InChI is InChI=1S/C20H19NO2/c1-15(21-23-14-16-6-4-3-5-7-16)17-8-9-19-13-20(22-2)11-10-18(19)12-17/h3-13H,14H2,1-2H3/b21-15+. The molecule has 0 bridgehead atoms. The molecule has 3 nitrogen and oxygen atoms in total. The first-order valence-corrected chi connectivity index (χ1v) is 7.55. The van der Waals surface area contributed by atoms with Gasteiger partial charge in [0.2, 0.25) is 0 Å². The summed E-state index contributed by atoms with van der Waals surface area (Å²) in [5.74, 6) is 0.863. The number of hydrogen-bond acceptors (Lipinski definition) is 3. The molecule has 3 heteroatoms. The van der Waals surface area contributed by atoms with E-state index < -0.39 is 0 Å². The van der Waals surface area contributed by atoms with Gasteiger partial charge < -0.3 is 9.57 Å². The first-order valence-electron chi connectivity index (χ1n) is 7.55. The maximum atomic E-state index is 5.45. The normalized spacial score (nSPS) is 11.5. The minimum atomic E-state index is 0.475. The highest BCUT2D eigenvalue weighted by Crippen LogP contribution is 2.22. The van der Waals surface area contributed by atoms with Gasteiger partial charge in [-0.25, -0.2) is 0 Å². The molecule has 0 unspecified atom stereocenters. The number of hydrogen-bond donors (Lipinski definition) is 0. The molecular weight excluding hydrogens is 286 g/mol. The molecule has 3 rings (SSSR count). The summed E-state index contributed by atoms with van der Waals surface area (Å²) in [5, 5.41) is 6.52. The number of fused-ring (bicyclic) bond motifs is 1. The van der Waals surface area contributed by atoms with E-state index in [0.29, 0.717) is 6.61 Å². The molecule has 0 aliphatic carbocycles. The van der Waals surface area contributed by atoms with Crippen molar-refractivity contribution in [1.82, 2.24) is 0 Å². The lowest BCUT2D eigenvalue weighted by molar-refractivity contribution is 0.130. The van der Waals surface area contributed by atoms with E-state index in [0.717, 1.165) is 33.4 Å². The van der Waals surface area contributed by atoms with E-state index in [1.54, 1.807) is 7.11 Å². The fourth-order valence-electron chi connectivity index (χ4n) is 2.41. The third-order valence-electron chi connectivity index (χ3n) is 3.74. The van der Waals surface area contributed by atoms with Crippen molar-refractivity contribution in [3.8, 4) is 5.75 Å². The highest BCUT2D eigenvalue weighted by molar-refractivity contribution is 6.01. The summed E-state index contributed by atoms with van der Waals surface area (Å²) in [6.45, 7) is 2.43. The lowest BCUT2D eigenvalue weighted by Gasteiger charge is -2.06. The SMILES string of the molecule is COc1ccc2cc(/C(C)=N/OCc3ccccc3)ccc2c1. The smallest absolute Gasteiger partial charge is 0.142 e. The Labute approximate surface area is 136 Å². The summed E-state index contributed by atoms with van der Waals surface area (Å²) >= 11 is 0. The molecule has 0 amide bonds. The summed E-state index contributed by atoms with van der Waals surface area (Å²) in [6.07, 6.45) is 0. The van der Waals surface area contributed by atoms with Gasteiger partial charge in [0.25, 0.3) is 0 Å². The van der Waals surface area contributed by atoms with E-state index in [4.69, 9.17) is 9.57 Å². The fraction of sp³-hybridized carbons (Fsp3) is 0.150. The van der Waals surface area contributed by atoms with Crippen molar-refractivity contribution in [2.24, 2.45) is 5.16 Å². The Morgan fingerprint density at radius 3 is 2.43 bits per heavy atom. The highest BCUT2D eigenvalue weighted by Gasteiger charge is 2.02. The van der Waals surface area contributed by atoms with E-state index in [-0.39, 0.29) is 0 Å². The summed E-state index contributed by atoms with van der Waals surface area (Å²) < 4.78 is 5.25. The van der Waals surface area contributed by atoms with Crippen LogP contribution in [-0.4, -0.2) is 12.8 Å². The van der Waals surface area contributed by atoms with E-state index in [1.165, 1.54) is 0 Å². The molecule has 0 aliphatic heterocycles. The van der Waals surface area contributed by atoms with Crippen molar-refractivity contribution in [3.05, 3.63) is 77.9 Å². The van der Waals surface area contributed by atoms with Gasteiger partial charge in [-0.3, -0.25) is 0 Å². The van der Waals surface area contributed by atoms with Crippen LogP contribution in [0, 0.1) is 0 Å². The van der Waals surface area contributed by atoms with Crippen molar-refractivity contribution in [3.63, 3.8) is 0 Å². The first kappa shape index (κ1) is 15.1. The van der Waals surface area contributed by atoms with E-state index in [2.05, 4.69) is 23.4 Å². The van der Waals surface area contributed by atoms with Gasteiger partial charge in [0.15, 0.2) is 0 Å². The van der Waals surface area contributed by atoms with E-state index >= 15 is 0 Å². The zero-order valence-corrected chi connectivity index (χ0v) is 13.3. The second kappa shape index (κ2) is 6.97. The van der Waals surface area contributed by atoms with Crippen molar-refractivity contribution in [2.75, 3.05) is 7.11 Å². The Hall–Kier alpha value is -2.81. The molecule has 3 aromatic rings. The minimum absolute atomic E-state index is 0.475. The molecular formula is C20H19NO2. The zero-order chi connectivity index (χ0) is 16.1. The van der Waals surface area contributed by atoms with Crippen LogP contribution in [0.5, 0.6) is 5.75 Å². The Kier molecular flexibility index (Phi) is 4.57. The number of methoxy groups -OCH3 is 1. The van der Waals surface area contributed by atoms with Gasteiger partial charge >= 0.3 is 0 Å². The van der Waals surface area contributed by atoms with Gasteiger partial charge in [0.05, 0.1) is 12.8 Å². The number of oxime groups is 1. The second-order valence-electron chi connectivity index (χ2n) is 5.36. The van der Waals surface area contributed by atoms with Gasteiger partial charge in [-0.05, 0) is 47.0 Å². The lowest BCUT2D eigenvalue weighted by Crippen LogP contribution is -1.97. The predicted molar refractivity (Wildman–Crippen MR) is 93.9 cm³/mol. The Bertz CT molecular complexity index is 825. The molecule has 0 saturated carbocycles. The van der Waals surface area contributed by atoms with Gasteiger partial charge in [0.1, 0.15) is 12.4 Å². The summed E-state index contributed by atoms with van der Waals surface area (Å²) in [4.78, 5) is 5.45. The summed E-state index contributed by atoms with van der Waals surface area (Å²) in [6, 6.07) is 22.3. The van der Waals surface area contributed by atoms with Crippen molar-refractivity contribution in [2.45, 2.75) is 13.5 Å². The van der Waals surface area contributed by atoms with Crippen LogP contribution in [0.2, 0.25) is 0 Å². The van der Waals surface area contributed by atoms with Gasteiger partial charge in [0, 0.05) is 0 Å². The molecule has 3 aromatic carbocycles. The fourth-order valence-corrected chi connectivity index (χ4v) is 2.41. The molecule has 0 radical (unpaired) electrons. The third kappa shape index (κ3) is 3.69. The second-order valence-corrected chi connectivity index (χ2v) is 5.36. The molecule has 0 saturated heterocycles. The van der Waals surface area contributed by atoms with Crippen LogP contribution >= 0.6 is 0 Å². The topological polar surface area (TPSA) is 30.8 Å². The molecule has 23 heavy (non-hydrogen) atoms. The van der Waals surface area contributed by atoms with Crippen LogP contribution < -0.4 is 4.74 Å². The lowest BCUT2D eigenvalue weighted by atomic mass is 10.0. The molecule has 0 heterocycles. The quantitative estimate of drug-likeness (QED) is 0.501. The molecule has 0 N–H and O–H groups in total. The molecule has 0 fully saturated rings. The van der Waals surface area contributed by atoms with Crippen LogP contribution in [0.25, 0.3) is 10.8 Å². The summed E-state index contributed by atoms with van der Waals surface area (Å²) in [7, 11) is 1.68. The van der Waals surface area contributed by atoms with Crippen molar-refractivity contribution in [1.29, 1.82) is 0 Å². The monoisotopic (exact) mass is 305 g/mol. The minimum Gasteiger partial charge on any atom is -0.497 e. The average molecular weight is 305 g/mol. The Balaban J connectivity index is 1.75. The molecule has 0 aliphatic rings. The van der Waals surface area contributed by atoms with E-state index in [9.17, 15) is 0 Å². The third-order valence-corrected chi connectivity index (χ3v) is 3.74. The van der Waals surface area contributed by atoms with Crippen LogP contribution in [0.15, 0.2) is 71.9 Å². The molecule has 116 valence electrons.